The molecule has 0 fully saturated rings. The van der Waals surface area contributed by atoms with E-state index >= 15 is 0 Å². The molecule has 2 rings (SSSR count). The summed E-state index contributed by atoms with van der Waals surface area (Å²) in [5.74, 6) is 1.06. The van der Waals surface area contributed by atoms with Gasteiger partial charge in [-0.2, -0.15) is 0 Å². The first-order valence-corrected chi connectivity index (χ1v) is 12.2. The molecule has 0 bridgehead atoms. The summed E-state index contributed by atoms with van der Waals surface area (Å²) < 4.78 is 0. The van der Waals surface area contributed by atoms with E-state index in [2.05, 4.69) is 86.3 Å². The molecular weight excluding hydrogens is 360 g/mol. The van der Waals surface area contributed by atoms with E-state index in [4.69, 9.17) is 0 Å². The van der Waals surface area contributed by atoms with Gasteiger partial charge in [0.1, 0.15) is 0 Å². The molecule has 0 aromatic heterocycles. The van der Waals surface area contributed by atoms with Gasteiger partial charge in [-0.3, -0.25) is 0 Å². The highest BCUT2D eigenvalue weighted by molar-refractivity contribution is 5.28. The molecule has 0 heterocycles. The second kappa shape index (κ2) is 15.7. The predicted octanol–water partition coefficient (Wildman–Crippen LogP) is 9.61. The van der Waals surface area contributed by atoms with Gasteiger partial charge in [-0.15, -0.1) is 6.58 Å². The Morgan fingerprint density at radius 3 is 1.60 bits per heavy atom. The van der Waals surface area contributed by atoms with Gasteiger partial charge < -0.3 is 0 Å². The third-order valence-corrected chi connectivity index (χ3v) is 6.07. The fourth-order valence-corrected chi connectivity index (χ4v) is 4.21. The van der Waals surface area contributed by atoms with Gasteiger partial charge in [0.25, 0.3) is 0 Å². The second-order valence-corrected chi connectivity index (χ2v) is 8.55. The molecule has 0 N–H and O–H groups in total. The van der Waals surface area contributed by atoms with Crippen molar-refractivity contribution in [3.8, 4) is 0 Å². The van der Waals surface area contributed by atoms with Crippen LogP contribution in [0.3, 0.4) is 0 Å². The van der Waals surface area contributed by atoms with Gasteiger partial charge in [-0.1, -0.05) is 131 Å². The molecule has 2 aromatic carbocycles. The van der Waals surface area contributed by atoms with Crippen LogP contribution in [-0.4, -0.2) is 0 Å². The molecule has 0 amide bonds. The first-order chi connectivity index (χ1) is 14.8. The summed E-state index contributed by atoms with van der Waals surface area (Å²) in [4.78, 5) is 0. The predicted molar refractivity (Wildman–Crippen MR) is 134 cm³/mol. The lowest BCUT2D eigenvalue weighted by Crippen LogP contribution is -1.99. The largest absolute Gasteiger partial charge is 0.103 e. The van der Waals surface area contributed by atoms with Gasteiger partial charge in [0.2, 0.25) is 0 Å². The van der Waals surface area contributed by atoms with Crippen molar-refractivity contribution >= 4 is 0 Å². The van der Waals surface area contributed by atoms with Crippen LogP contribution in [-0.2, 0) is 0 Å². The zero-order chi connectivity index (χ0) is 21.3. The average molecular weight is 403 g/mol. The van der Waals surface area contributed by atoms with Crippen molar-refractivity contribution in [2.45, 2.75) is 89.4 Å². The normalized spacial score (nSPS) is 13.4. The third-order valence-electron chi connectivity index (χ3n) is 6.07. The second-order valence-electron chi connectivity index (χ2n) is 8.55. The smallest absolute Gasteiger partial charge is 0.00181 e. The number of allylic oxidation sites excluding steroid dienone is 3. The molecule has 0 radical (unpaired) electrons. The van der Waals surface area contributed by atoms with Crippen molar-refractivity contribution in [2.24, 2.45) is 0 Å². The summed E-state index contributed by atoms with van der Waals surface area (Å²) in [6, 6.07) is 22.2. The number of unbranched alkanes of at least 4 members (excludes halogenated alkanes) is 7. The lowest BCUT2D eigenvalue weighted by atomic mass is 9.88. The molecule has 2 aromatic rings. The van der Waals surface area contributed by atoms with Crippen LogP contribution in [0.5, 0.6) is 0 Å². The highest BCUT2D eigenvalue weighted by Gasteiger charge is 2.11. The number of hydrogen-bond donors (Lipinski definition) is 0. The van der Waals surface area contributed by atoms with E-state index in [1.54, 1.807) is 0 Å². The molecule has 0 nitrogen and oxygen atoms in total. The van der Waals surface area contributed by atoms with Crippen LogP contribution in [0.25, 0.3) is 0 Å². The number of benzene rings is 2. The Hall–Kier alpha value is -2.08. The molecule has 0 aliphatic heterocycles. The molecular formula is C30H42. The SMILES string of the molecule is C=CCCCCCCCC(C=CC(CCCCC)c1ccccc1)c1ccccc1. The molecule has 0 aliphatic carbocycles. The van der Waals surface area contributed by atoms with Crippen LogP contribution >= 0.6 is 0 Å². The zero-order valence-corrected chi connectivity index (χ0v) is 19.1. The summed E-state index contributed by atoms with van der Waals surface area (Å²) in [5, 5.41) is 0. The van der Waals surface area contributed by atoms with E-state index in [0.717, 1.165) is 6.42 Å². The van der Waals surface area contributed by atoms with Crippen LogP contribution in [0.1, 0.15) is 101 Å². The molecule has 2 atom stereocenters. The van der Waals surface area contributed by atoms with Gasteiger partial charge in [-0.05, 0) is 36.8 Å². The topological polar surface area (TPSA) is 0 Å². The van der Waals surface area contributed by atoms with Crippen molar-refractivity contribution in [1.29, 1.82) is 0 Å². The Morgan fingerprint density at radius 2 is 1.10 bits per heavy atom. The van der Waals surface area contributed by atoms with E-state index in [9.17, 15) is 0 Å². The van der Waals surface area contributed by atoms with Gasteiger partial charge in [-0.25, -0.2) is 0 Å². The summed E-state index contributed by atoms with van der Waals surface area (Å²) >= 11 is 0. The van der Waals surface area contributed by atoms with E-state index in [-0.39, 0.29) is 0 Å². The maximum absolute atomic E-state index is 3.82. The van der Waals surface area contributed by atoms with Crippen LogP contribution in [0, 0.1) is 0 Å². The van der Waals surface area contributed by atoms with E-state index in [1.807, 2.05) is 6.08 Å². The van der Waals surface area contributed by atoms with Crippen LogP contribution in [0.15, 0.2) is 85.5 Å². The van der Waals surface area contributed by atoms with E-state index < -0.39 is 0 Å². The quantitative estimate of drug-likeness (QED) is 0.194. The number of rotatable bonds is 16. The average Bonchev–Trinajstić information content (AvgIpc) is 2.80. The van der Waals surface area contributed by atoms with Gasteiger partial charge in [0, 0.05) is 11.8 Å². The van der Waals surface area contributed by atoms with Crippen LogP contribution in [0.2, 0.25) is 0 Å². The Bertz CT molecular complexity index is 682. The van der Waals surface area contributed by atoms with Gasteiger partial charge in [0.15, 0.2) is 0 Å². The number of hydrogen-bond acceptors (Lipinski definition) is 0. The van der Waals surface area contributed by atoms with E-state index in [0.29, 0.717) is 11.8 Å². The Balaban J connectivity index is 2.00. The minimum absolute atomic E-state index is 0.525. The lowest BCUT2D eigenvalue weighted by Gasteiger charge is -2.17. The summed E-state index contributed by atoms with van der Waals surface area (Å²) in [7, 11) is 0. The first kappa shape index (κ1) is 24.2. The van der Waals surface area contributed by atoms with Crippen molar-refractivity contribution in [3.63, 3.8) is 0 Å². The van der Waals surface area contributed by atoms with Crippen molar-refractivity contribution in [1.82, 2.24) is 0 Å². The lowest BCUT2D eigenvalue weighted by molar-refractivity contribution is 0.576. The minimum atomic E-state index is 0.525. The molecule has 162 valence electrons. The van der Waals surface area contributed by atoms with Crippen LogP contribution in [0.4, 0.5) is 0 Å². The van der Waals surface area contributed by atoms with Crippen molar-refractivity contribution in [2.75, 3.05) is 0 Å². The first-order valence-electron chi connectivity index (χ1n) is 12.2. The minimum Gasteiger partial charge on any atom is -0.103 e. The molecule has 0 heteroatoms. The molecule has 0 saturated carbocycles. The summed E-state index contributed by atoms with van der Waals surface area (Å²) in [5.41, 5.74) is 2.92. The highest BCUT2D eigenvalue weighted by atomic mass is 14.2. The molecule has 0 saturated heterocycles. The Morgan fingerprint density at radius 1 is 0.633 bits per heavy atom. The monoisotopic (exact) mass is 402 g/mol. The summed E-state index contributed by atoms with van der Waals surface area (Å²) in [6.45, 7) is 6.11. The molecule has 30 heavy (non-hydrogen) atoms. The summed E-state index contributed by atoms with van der Waals surface area (Å²) in [6.07, 6.45) is 21.3. The Kier molecular flexibility index (Phi) is 12.7. The van der Waals surface area contributed by atoms with Crippen LogP contribution < -0.4 is 0 Å². The van der Waals surface area contributed by atoms with E-state index in [1.165, 1.54) is 75.3 Å². The van der Waals surface area contributed by atoms with Gasteiger partial charge in [0.05, 0.1) is 0 Å². The van der Waals surface area contributed by atoms with Gasteiger partial charge >= 0.3 is 0 Å². The zero-order valence-electron chi connectivity index (χ0n) is 19.1. The molecule has 0 aliphatic rings. The molecule has 2 unspecified atom stereocenters. The molecule has 0 spiro atoms. The third kappa shape index (κ3) is 9.61. The standard InChI is InChI=1S/C30H42/c1-3-5-7-8-9-10-14-24-30(28-22-17-12-18-23-28)26-25-29(19-13-6-4-2)27-20-15-11-16-21-27/h3,11-12,15-18,20-23,25-26,29-30H,1,4-10,13-14,19,24H2,2H3. The Labute approximate surface area is 186 Å². The maximum atomic E-state index is 3.82. The highest BCUT2D eigenvalue weighted by Crippen LogP contribution is 2.29. The van der Waals surface area contributed by atoms with Crippen molar-refractivity contribution in [3.05, 3.63) is 96.6 Å². The fraction of sp³-hybridized carbons (Fsp3) is 0.467. The van der Waals surface area contributed by atoms with Crippen molar-refractivity contribution < 1.29 is 0 Å². The maximum Gasteiger partial charge on any atom is 0.00181 e. The fourth-order valence-electron chi connectivity index (χ4n) is 4.21.